The molecule has 0 atom stereocenters. The van der Waals surface area contributed by atoms with Crippen molar-refractivity contribution >= 4 is 22.5 Å². The van der Waals surface area contributed by atoms with Crippen LogP contribution in [0.5, 0.6) is 0 Å². The number of nitrogens with zero attached hydrogens (tertiary/aromatic N) is 1. The molecule has 1 aromatic heterocycles. The van der Waals surface area contributed by atoms with Gasteiger partial charge in [-0.1, -0.05) is 32.4 Å². The molecule has 0 saturated heterocycles. The maximum Gasteiger partial charge on any atom is 0.142 e. The first-order valence-electron chi connectivity index (χ1n) is 4.73. The zero-order chi connectivity index (χ0) is 11.2. The van der Waals surface area contributed by atoms with Crippen molar-refractivity contribution in [3.63, 3.8) is 0 Å². The second kappa shape index (κ2) is 3.20. The number of benzene rings is 1. The second-order valence-electron chi connectivity index (χ2n) is 4.63. The Morgan fingerprint density at radius 2 is 2.07 bits per heavy atom. The van der Waals surface area contributed by atoms with Gasteiger partial charge in [0.2, 0.25) is 0 Å². The fraction of sp³-hybridized carbons (Fsp3) is 0.364. The molecule has 2 nitrogen and oxygen atoms in total. The molecule has 4 heteroatoms. The lowest BCUT2D eigenvalue weighted by molar-refractivity contribution is 0.578. The first-order valence-corrected chi connectivity index (χ1v) is 5.10. The summed E-state index contributed by atoms with van der Waals surface area (Å²) in [6, 6.07) is 1.40. The highest BCUT2D eigenvalue weighted by atomic mass is 35.5. The van der Waals surface area contributed by atoms with Gasteiger partial charge >= 0.3 is 0 Å². The Bertz CT molecular complexity index is 511. The Labute approximate surface area is 92.4 Å². The van der Waals surface area contributed by atoms with Crippen molar-refractivity contribution in [3.05, 3.63) is 28.7 Å². The van der Waals surface area contributed by atoms with E-state index in [1.54, 1.807) is 6.20 Å². The third-order valence-corrected chi connectivity index (χ3v) is 2.75. The molecule has 0 aliphatic heterocycles. The largest absolute Gasteiger partial charge is 0.277 e. The monoisotopic (exact) mass is 226 g/mol. The molecule has 0 amide bonds. The van der Waals surface area contributed by atoms with Gasteiger partial charge in [-0.15, -0.1) is 0 Å². The molecule has 0 bridgehead atoms. The summed E-state index contributed by atoms with van der Waals surface area (Å²) in [4.78, 5) is 0. The van der Waals surface area contributed by atoms with Crippen LogP contribution in [0.4, 0.5) is 4.39 Å². The molecule has 15 heavy (non-hydrogen) atoms. The smallest absolute Gasteiger partial charge is 0.142 e. The van der Waals surface area contributed by atoms with Crippen LogP contribution < -0.4 is 0 Å². The average Bonchev–Trinajstić information content (AvgIpc) is 2.50. The highest BCUT2D eigenvalue weighted by Gasteiger charge is 2.24. The molecule has 0 radical (unpaired) electrons. The standard InChI is InChI=1S/C11H12ClFN2/c1-11(2,3)8-9(12)7(13)4-6-5-14-15-10(6)8/h4-5H,1-3H3,(H,14,15). The van der Waals surface area contributed by atoms with Crippen LogP contribution in [0.2, 0.25) is 5.02 Å². The lowest BCUT2D eigenvalue weighted by atomic mass is 9.85. The molecule has 0 fully saturated rings. The van der Waals surface area contributed by atoms with Gasteiger partial charge in [-0.2, -0.15) is 5.10 Å². The first-order chi connectivity index (χ1) is 6.91. The fourth-order valence-corrected chi connectivity index (χ4v) is 2.17. The molecule has 0 saturated carbocycles. The van der Waals surface area contributed by atoms with Crippen LogP contribution >= 0.6 is 11.6 Å². The summed E-state index contributed by atoms with van der Waals surface area (Å²) < 4.78 is 13.5. The summed E-state index contributed by atoms with van der Waals surface area (Å²) in [5.74, 6) is -0.393. The molecular formula is C11H12ClFN2. The molecule has 0 aliphatic carbocycles. The van der Waals surface area contributed by atoms with Crippen LogP contribution in [-0.2, 0) is 5.41 Å². The van der Waals surface area contributed by atoms with Crippen molar-refractivity contribution in [1.82, 2.24) is 10.2 Å². The van der Waals surface area contributed by atoms with Crippen molar-refractivity contribution in [2.75, 3.05) is 0 Å². The van der Waals surface area contributed by atoms with E-state index in [0.717, 1.165) is 16.5 Å². The van der Waals surface area contributed by atoms with Gasteiger partial charge in [0.1, 0.15) is 5.82 Å². The van der Waals surface area contributed by atoms with E-state index < -0.39 is 5.82 Å². The van der Waals surface area contributed by atoms with Crippen LogP contribution in [0.15, 0.2) is 12.3 Å². The fourth-order valence-electron chi connectivity index (χ4n) is 1.74. The SMILES string of the molecule is CC(C)(C)c1c(Cl)c(F)cc2cn[nH]c12. The minimum absolute atomic E-state index is 0.180. The Kier molecular flexibility index (Phi) is 2.23. The highest BCUT2D eigenvalue weighted by Crippen LogP contribution is 2.36. The average molecular weight is 227 g/mol. The number of hydrogen-bond donors (Lipinski definition) is 1. The quantitative estimate of drug-likeness (QED) is 0.730. The summed E-state index contributed by atoms with van der Waals surface area (Å²) in [5.41, 5.74) is 1.37. The predicted molar refractivity (Wildman–Crippen MR) is 59.8 cm³/mol. The number of rotatable bonds is 0. The zero-order valence-electron chi connectivity index (χ0n) is 8.86. The van der Waals surface area contributed by atoms with Gasteiger partial charge in [-0.25, -0.2) is 4.39 Å². The molecule has 1 aromatic carbocycles. The van der Waals surface area contributed by atoms with Gasteiger partial charge in [0, 0.05) is 10.9 Å². The normalized spacial score (nSPS) is 12.3. The first kappa shape index (κ1) is 10.4. The molecule has 2 rings (SSSR count). The van der Waals surface area contributed by atoms with Crippen LogP contribution in [0, 0.1) is 5.82 Å². The zero-order valence-corrected chi connectivity index (χ0v) is 9.61. The number of hydrogen-bond acceptors (Lipinski definition) is 1. The second-order valence-corrected chi connectivity index (χ2v) is 5.01. The van der Waals surface area contributed by atoms with Gasteiger partial charge < -0.3 is 0 Å². The Morgan fingerprint density at radius 1 is 1.40 bits per heavy atom. The van der Waals surface area contributed by atoms with Crippen LogP contribution in [-0.4, -0.2) is 10.2 Å². The lowest BCUT2D eigenvalue weighted by Gasteiger charge is -2.21. The number of nitrogens with one attached hydrogen (secondary N) is 1. The lowest BCUT2D eigenvalue weighted by Crippen LogP contribution is -2.13. The van der Waals surface area contributed by atoms with Crippen molar-refractivity contribution in [2.24, 2.45) is 0 Å². The summed E-state index contributed by atoms with van der Waals surface area (Å²) >= 11 is 5.99. The molecular weight excluding hydrogens is 215 g/mol. The van der Waals surface area contributed by atoms with Crippen LogP contribution in [0.3, 0.4) is 0 Å². The van der Waals surface area contributed by atoms with Gasteiger partial charge in [-0.05, 0) is 11.5 Å². The van der Waals surface area contributed by atoms with E-state index in [9.17, 15) is 4.39 Å². The van der Waals surface area contributed by atoms with Gasteiger partial charge in [0.25, 0.3) is 0 Å². The third kappa shape index (κ3) is 1.61. The molecule has 0 aliphatic rings. The van der Waals surface area contributed by atoms with Crippen molar-refractivity contribution in [1.29, 1.82) is 0 Å². The number of aromatic amines is 1. The summed E-state index contributed by atoms with van der Waals surface area (Å²) in [6.07, 6.45) is 1.60. The number of H-pyrrole nitrogens is 1. The maximum absolute atomic E-state index is 13.5. The van der Waals surface area contributed by atoms with E-state index in [1.807, 2.05) is 20.8 Å². The van der Waals surface area contributed by atoms with Gasteiger partial charge in [-0.3, -0.25) is 5.10 Å². The van der Waals surface area contributed by atoms with Crippen molar-refractivity contribution in [3.8, 4) is 0 Å². The van der Waals surface area contributed by atoms with E-state index in [1.165, 1.54) is 6.07 Å². The molecule has 1 heterocycles. The minimum atomic E-state index is -0.393. The minimum Gasteiger partial charge on any atom is -0.277 e. The summed E-state index contributed by atoms with van der Waals surface area (Å²) in [5, 5.41) is 7.70. The Hall–Kier alpha value is -1.09. The Balaban J connectivity index is 2.90. The molecule has 80 valence electrons. The van der Waals surface area contributed by atoms with E-state index in [0.29, 0.717) is 0 Å². The van der Waals surface area contributed by atoms with E-state index in [4.69, 9.17) is 11.6 Å². The summed E-state index contributed by atoms with van der Waals surface area (Å²) in [7, 11) is 0. The summed E-state index contributed by atoms with van der Waals surface area (Å²) in [6.45, 7) is 5.98. The van der Waals surface area contributed by atoms with Crippen LogP contribution in [0.1, 0.15) is 26.3 Å². The number of halogens is 2. The number of fused-ring (bicyclic) bond motifs is 1. The van der Waals surface area contributed by atoms with Gasteiger partial charge in [0.05, 0.1) is 16.7 Å². The molecule has 0 unspecified atom stereocenters. The van der Waals surface area contributed by atoms with E-state index >= 15 is 0 Å². The van der Waals surface area contributed by atoms with Crippen LogP contribution in [0.25, 0.3) is 10.9 Å². The maximum atomic E-state index is 13.5. The molecule has 2 aromatic rings. The molecule has 0 spiro atoms. The topological polar surface area (TPSA) is 28.7 Å². The molecule has 1 N–H and O–H groups in total. The number of aromatic nitrogens is 2. The van der Waals surface area contributed by atoms with Crippen molar-refractivity contribution in [2.45, 2.75) is 26.2 Å². The van der Waals surface area contributed by atoms with E-state index in [2.05, 4.69) is 10.2 Å². The highest BCUT2D eigenvalue weighted by molar-refractivity contribution is 6.32. The Morgan fingerprint density at radius 3 is 2.67 bits per heavy atom. The van der Waals surface area contributed by atoms with Gasteiger partial charge in [0.15, 0.2) is 0 Å². The van der Waals surface area contributed by atoms with Crippen molar-refractivity contribution < 1.29 is 4.39 Å². The predicted octanol–water partition coefficient (Wildman–Crippen LogP) is 3.65. The van der Waals surface area contributed by atoms with E-state index in [-0.39, 0.29) is 10.4 Å². The third-order valence-electron chi connectivity index (χ3n) is 2.38.